The first kappa shape index (κ1) is 20.2. The van der Waals surface area contributed by atoms with Crippen LogP contribution in [0.1, 0.15) is 24.4 Å². The summed E-state index contributed by atoms with van der Waals surface area (Å²) in [4.78, 5) is 6.53. The van der Waals surface area contributed by atoms with Crippen molar-refractivity contribution in [3.63, 3.8) is 0 Å². The van der Waals surface area contributed by atoms with E-state index < -0.39 is 0 Å². The van der Waals surface area contributed by atoms with E-state index in [1.165, 1.54) is 12.1 Å². The fourth-order valence-corrected chi connectivity index (χ4v) is 3.83. The molecule has 0 aliphatic carbocycles. The molecule has 3 aromatic rings. The van der Waals surface area contributed by atoms with Gasteiger partial charge in [-0.15, -0.1) is 0 Å². The third-order valence-electron chi connectivity index (χ3n) is 4.99. The normalized spacial score (nSPS) is 16.7. The second kappa shape index (κ2) is 8.73. The van der Waals surface area contributed by atoms with E-state index in [0.29, 0.717) is 35.5 Å². The minimum Gasteiger partial charge on any atom is -0.383 e. The zero-order valence-electron chi connectivity index (χ0n) is 16.6. The Morgan fingerprint density at radius 3 is 2.73 bits per heavy atom. The molecule has 1 unspecified atom stereocenters. The quantitative estimate of drug-likeness (QED) is 0.596. The van der Waals surface area contributed by atoms with Crippen LogP contribution in [0.2, 0.25) is 0 Å². The van der Waals surface area contributed by atoms with Crippen molar-refractivity contribution in [1.82, 2.24) is 20.4 Å². The summed E-state index contributed by atoms with van der Waals surface area (Å²) in [5.41, 5.74) is 3.29. The Morgan fingerprint density at radius 2 is 2.00 bits per heavy atom. The Morgan fingerprint density at radius 1 is 1.20 bits per heavy atom. The predicted octanol–water partition coefficient (Wildman–Crippen LogP) is 4.18. The van der Waals surface area contributed by atoms with E-state index in [1.807, 2.05) is 42.2 Å². The van der Waals surface area contributed by atoms with Crippen LogP contribution in [0.5, 0.6) is 0 Å². The third-order valence-corrected chi connectivity index (χ3v) is 5.33. The van der Waals surface area contributed by atoms with E-state index in [0.717, 1.165) is 16.8 Å². The zero-order chi connectivity index (χ0) is 21.1. The van der Waals surface area contributed by atoms with E-state index in [9.17, 15) is 4.39 Å². The SMILES string of the molecule is COCCN1C(=S)NC(c2ccccc2)C(c2nc(-c3cccc(F)c3)no2)=C1C. The van der Waals surface area contributed by atoms with Crippen LogP contribution in [-0.4, -0.2) is 40.4 Å². The molecule has 0 saturated heterocycles. The number of ether oxygens (including phenoxy) is 1. The van der Waals surface area contributed by atoms with Crippen LogP contribution >= 0.6 is 12.2 Å². The van der Waals surface area contributed by atoms with Crippen molar-refractivity contribution in [2.24, 2.45) is 0 Å². The maximum atomic E-state index is 13.6. The molecule has 30 heavy (non-hydrogen) atoms. The second-order valence-corrected chi connectivity index (χ2v) is 7.26. The Labute approximate surface area is 179 Å². The van der Waals surface area contributed by atoms with Gasteiger partial charge < -0.3 is 19.5 Å². The van der Waals surface area contributed by atoms with E-state index >= 15 is 0 Å². The molecule has 0 bridgehead atoms. The first-order chi connectivity index (χ1) is 14.6. The van der Waals surface area contributed by atoms with Gasteiger partial charge in [0, 0.05) is 24.9 Å². The number of halogens is 1. The van der Waals surface area contributed by atoms with Crippen LogP contribution in [0.4, 0.5) is 4.39 Å². The highest BCUT2D eigenvalue weighted by atomic mass is 32.1. The van der Waals surface area contributed by atoms with Gasteiger partial charge in [0.2, 0.25) is 5.82 Å². The molecule has 2 heterocycles. The van der Waals surface area contributed by atoms with E-state index in [1.54, 1.807) is 19.2 Å². The van der Waals surface area contributed by atoms with Crippen molar-refractivity contribution >= 4 is 22.9 Å². The molecule has 0 saturated carbocycles. The number of aromatic nitrogens is 2. The Hall–Kier alpha value is -3.10. The summed E-state index contributed by atoms with van der Waals surface area (Å²) in [5, 5.41) is 8.07. The molecule has 1 N–H and O–H groups in total. The lowest BCUT2D eigenvalue weighted by atomic mass is 9.95. The van der Waals surface area contributed by atoms with Gasteiger partial charge in [-0.2, -0.15) is 4.98 Å². The highest BCUT2D eigenvalue weighted by Gasteiger charge is 2.33. The van der Waals surface area contributed by atoms with Crippen LogP contribution in [-0.2, 0) is 4.74 Å². The largest absolute Gasteiger partial charge is 0.383 e. The molecule has 1 atom stereocenters. The van der Waals surface area contributed by atoms with Crippen molar-refractivity contribution < 1.29 is 13.7 Å². The summed E-state index contributed by atoms with van der Waals surface area (Å²) < 4.78 is 24.5. The molecular formula is C22H21FN4O2S. The van der Waals surface area contributed by atoms with Crippen LogP contribution in [0, 0.1) is 5.82 Å². The molecule has 8 heteroatoms. The van der Waals surface area contributed by atoms with Gasteiger partial charge >= 0.3 is 0 Å². The highest BCUT2D eigenvalue weighted by Crippen LogP contribution is 2.37. The molecule has 0 amide bonds. The van der Waals surface area contributed by atoms with Gasteiger partial charge in [-0.1, -0.05) is 47.6 Å². The lowest BCUT2D eigenvalue weighted by Crippen LogP contribution is -2.47. The minimum atomic E-state index is -0.355. The number of allylic oxidation sites excluding steroid dienone is 1. The maximum absolute atomic E-state index is 13.6. The molecule has 1 aromatic heterocycles. The number of methoxy groups -OCH3 is 1. The fraction of sp³-hybridized carbons (Fsp3) is 0.227. The summed E-state index contributed by atoms with van der Waals surface area (Å²) in [6, 6.07) is 15.8. The van der Waals surface area contributed by atoms with Gasteiger partial charge in [0.25, 0.3) is 5.89 Å². The number of hydrogen-bond acceptors (Lipinski definition) is 5. The van der Waals surface area contributed by atoms with Crippen molar-refractivity contribution in [2.75, 3.05) is 20.3 Å². The maximum Gasteiger partial charge on any atom is 0.258 e. The summed E-state index contributed by atoms with van der Waals surface area (Å²) in [6.07, 6.45) is 0. The third kappa shape index (κ3) is 3.96. The molecule has 6 nitrogen and oxygen atoms in total. The molecule has 1 aliphatic rings. The summed E-state index contributed by atoms with van der Waals surface area (Å²) >= 11 is 5.61. The summed E-state index contributed by atoms with van der Waals surface area (Å²) in [7, 11) is 1.65. The molecule has 4 rings (SSSR count). The van der Waals surface area contributed by atoms with Crippen LogP contribution < -0.4 is 5.32 Å². The first-order valence-corrected chi connectivity index (χ1v) is 9.92. The van der Waals surface area contributed by atoms with Crippen molar-refractivity contribution in [3.05, 3.63) is 77.6 Å². The average molecular weight is 425 g/mol. The lowest BCUT2D eigenvalue weighted by Gasteiger charge is -2.37. The van der Waals surface area contributed by atoms with Gasteiger partial charge in [0.05, 0.1) is 18.2 Å². The number of hydrogen-bond donors (Lipinski definition) is 1. The minimum absolute atomic E-state index is 0.252. The monoisotopic (exact) mass is 424 g/mol. The lowest BCUT2D eigenvalue weighted by molar-refractivity contribution is 0.183. The molecule has 2 aromatic carbocycles. The molecule has 0 fully saturated rings. The molecule has 0 spiro atoms. The van der Waals surface area contributed by atoms with Crippen LogP contribution in [0.3, 0.4) is 0 Å². The van der Waals surface area contributed by atoms with E-state index in [-0.39, 0.29) is 11.9 Å². The summed E-state index contributed by atoms with van der Waals surface area (Å²) in [6.45, 7) is 3.07. The van der Waals surface area contributed by atoms with E-state index in [2.05, 4.69) is 15.5 Å². The molecule has 1 aliphatic heterocycles. The smallest absolute Gasteiger partial charge is 0.258 e. The first-order valence-electron chi connectivity index (χ1n) is 9.51. The Balaban J connectivity index is 1.79. The fourth-order valence-electron chi connectivity index (χ4n) is 3.48. The Kier molecular flexibility index (Phi) is 5.87. The topological polar surface area (TPSA) is 63.4 Å². The second-order valence-electron chi connectivity index (χ2n) is 6.87. The number of nitrogens with zero attached hydrogens (tertiary/aromatic N) is 3. The predicted molar refractivity (Wildman–Crippen MR) is 116 cm³/mol. The molecule has 154 valence electrons. The van der Waals surface area contributed by atoms with Gasteiger partial charge in [-0.05, 0) is 36.8 Å². The van der Waals surface area contributed by atoms with Crippen molar-refractivity contribution in [1.29, 1.82) is 0 Å². The Bertz CT molecular complexity index is 1080. The number of benzene rings is 2. The number of thiocarbonyl (C=S) groups is 1. The van der Waals surface area contributed by atoms with Gasteiger partial charge in [-0.25, -0.2) is 4.39 Å². The molecule has 0 radical (unpaired) electrons. The van der Waals surface area contributed by atoms with Gasteiger partial charge in [0.15, 0.2) is 5.11 Å². The van der Waals surface area contributed by atoms with Gasteiger partial charge in [-0.3, -0.25) is 0 Å². The van der Waals surface area contributed by atoms with Crippen LogP contribution in [0.15, 0.2) is 64.8 Å². The van der Waals surface area contributed by atoms with Crippen LogP contribution in [0.25, 0.3) is 17.0 Å². The number of nitrogens with one attached hydrogen (secondary N) is 1. The van der Waals surface area contributed by atoms with E-state index in [4.69, 9.17) is 21.5 Å². The summed E-state index contributed by atoms with van der Waals surface area (Å²) in [5.74, 6) is 0.332. The highest BCUT2D eigenvalue weighted by molar-refractivity contribution is 7.80. The van der Waals surface area contributed by atoms with Gasteiger partial charge in [0.1, 0.15) is 5.82 Å². The zero-order valence-corrected chi connectivity index (χ0v) is 17.4. The van der Waals surface area contributed by atoms with Crippen molar-refractivity contribution in [3.8, 4) is 11.4 Å². The average Bonchev–Trinajstić information content (AvgIpc) is 3.23. The molecular weight excluding hydrogens is 403 g/mol. The standard InChI is InChI=1S/C22H21FN4O2S/c1-14-18(21-25-20(26-29-21)16-9-6-10-17(23)13-16)19(15-7-4-3-5-8-15)24-22(30)27(14)11-12-28-2/h3-10,13,19H,11-12H2,1-2H3,(H,24,30). The van der Waals surface area contributed by atoms with Crippen molar-refractivity contribution in [2.45, 2.75) is 13.0 Å². The number of rotatable bonds is 6.